The first kappa shape index (κ1) is 25.4. The predicted octanol–water partition coefficient (Wildman–Crippen LogP) is 4.49. The summed E-state index contributed by atoms with van der Waals surface area (Å²) in [7, 11) is -1.33. The Labute approximate surface area is 188 Å². The monoisotopic (exact) mass is 445 g/mol. The summed E-state index contributed by atoms with van der Waals surface area (Å²) >= 11 is 0. The lowest BCUT2D eigenvalue weighted by atomic mass is 9.79. The molecule has 1 aromatic rings. The summed E-state index contributed by atoms with van der Waals surface area (Å²) in [5, 5.41) is 19.4. The maximum absolute atomic E-state index is 13.3. The van der Waals surface area contributed by atoms with Gasteiger partial charge in [0.25, 0.3) is 0 Å². The van der Waals surface area contributed by atoms with Gasteiger partial charge in [0.1, 0.15) is 0 Å². The highest BCUT2D eigenvalue weighted by molar-refractivity contribution is 6.76. The number of carbonyl (C=O) groups is 1. The second-order valence-corrected chi connectivity index (χ2v) is 15.7. The van der Waals surface area contributed by atoms with E-state index in [0.717, 1.165) is 37.3 Å². The fourth-order valence-electron chi connectivity index (χ4n) is 4.24. The zero-order chi connectivity index (χ0) is 23.0. The van der Waals surface area contributed by atoms with E-state index in [1.54, 1.807) is 24.0 Å². The molecule has 1 fully saturated rings. The third-order valence-electron chi connectivity index (χ3n) is 6.19. The molecule has 0 aromatic heterocycles. The van der Waals surface area contributed by atoms with Gasteiger partial charge in [-0.15, -0.1) is 0 Å². The Morgan fingerprint density at radius 2 is 1.87 bits per heavy atom. The normalized spacial score (nSPS) is 18.0. The van der Waals surface area contributed by atoms with Crippen LogP contribution in [0.4, 0.5) is 4.79 Å². The van der Waals surface area contributed by atoms with Gasteiger partial charge in [0, 0.05) is 14.6 Å². The molecule has 1 unspecified atom stereocenters. The quantitative estimate of drug-likeness (QED) is 0.546. The third kappa shape index (κ3) is 7.95. The molecule has 7 heteroatoms. The molecule has 1 aliphatic carbocycles. The van der Waals surface area contributed by atoms with Crippen LogP contribution in [0, 0.1) is 17.2 Å². The van der Waals surface area contributed by atoms with Gasteiger partial charge in [0.05, 0.1) is 36.4 Å². The Hall–Kier alpha value is -1.88. The van der Waals surface area contributed by atoms with E-state index in [1.165, 1.54) is 6.42 Å². The van der Waals surface area contributed by atoms with Crippen molar-refractivity contribution in [2.45, 2.75) is 89.4 Å². The Morgan fingerprint density at radius 1 is 1.26 bits per heavy atom. The van der Waals surface area contributed by atoms with E-state index in [4.69, 9.17) is 15.7 Å². The number of nitrogens with two attached hydrogens (primary N) is 1. The number of aliphatic hydroxyl groups excluding tert-OH is 1. The molecule has 1 aliphatic rings. The fraction of sp³-hybridized carbons (Fsp3) is 0.667. The van der Waals surface area contributed by atoms with Crippen molar-refractivity contribution in [2.24, 2.45) is 11.7 Å². The highest BCUT2D eigenvalue weighted by atomic mass is 28.3. The Kier molecular flexibility index (Phi) is 9.54. The average molecular weight is 446 g/mol. The van der Waals surface area contributed by atoms with Crippen molar-refractivity contribution < 1.29 is 14.6 Å². The molecule has 1 amide bonds. The number of carbonyl (C=O) groups excluding carboxylic acids is 1. The number of hydrogen-bond acceptors (Lipinski definition) is 5. The third-order valence-corrected chi connectivity index (χ3v) is 7.90. The van der Waals surface area contributed by atoms with Crippen LogP contribution in [-0.2, 0) is 11.3 Å². The largest absolute Gasteiger partial charge is 0.450 e. The van der Waals surface area contributed by atoms with E-state index in [-0.39, 0.29) is 18.1 Å². The minimum atomic E-state index is -1.33. The SMILES string of the molecule is C[C@@H](O)[C@H](N)C(C1CCCCC1)N(Cc1ccc(C#N)cc1)C(=O)OCC[Si](C)(C)C. The maximum Gasteiger partial charge on any atom is 0.410 e. The van der Waals surface area contributed by atoms with Crippen molar-refractivity contribution in [3.8, 4) is 6.07 Å². The lowest BCUT2D eigenvalue weighted by molar-refractivity contribution is 0.0289. The van der Waals surface area contributed by atoms with Gasteiger partial charge in [0.15, 0.2) is 0 Å². The summed E-state index contributed by atoms with van der Waals surface area (Å²) in [4.78, 5) is 15.0. The molecule has 0 spiro atoms. The summed E-state index contributed by atoms with van der Waals surface area (Å²) in [6.45, 7) is 9.20. The van der Waals surface area contributed by atoms with Crippen molar-refractivity contribution in [1.29, 1.82) is 5.26 Å². The summed E-state index contributed by atoms with van der Waals surface area (Å²) in [5.74, 6) is 0.237. The molecule has 0 aliphatic heterocycles. The molecule has 31 heavy (non-hydrogen) atoms. The van der Waals surface area contributed by atoms with Crippen molar-refractivity contribution in [2.75, 3.05) is 6.61 Å². The molecule has 172 valence electrons. The van der Waals surface area contributed by atoms with E-state index in [1.807, 2.05) is 12.1 Å². The average Bonchev–Trinajstić information content (AvgIpc) is 2.73. The second-order valence-electron chi connectivity index (χ2n) is 10.1. The maximum atomic E-state index is 13.3. The number of hydrogen-bond donors (Lipinski definition) is 2. The lowest BCUT2D eigenvalue weighted by Crippen LogP contribution is -2.58. The molecule has 0 bridgehead atoms. The molecule has 0 heterocycles. The first-order valence-corrected chi connectivity index (χ1v) is 15.2. The molecule has 0 radical (unpaired) electrons. The van der Waals surface area contributed by atoms with Crippen molar-refractivity contribution >= 4 is 14.2 Å². The Bertz CT molecular complexity index is 734. The minimum absolute atomic E-state index is 0.237. The van der Waals surface area contributed by atoms with Gasteiger partial charge in [-0.3, -0.25) is 4.90 Å². The molecule has 6 nitrogen and oxygen atoms in total. The molecule has 1 aromatic carbocycles. The van der Waals surface area contributed by atoms with Crippen LogP contribution in [-0.4, -0.2) is 49.0 Å². The van der Waals surface area contributed by atoms with E-state index in [2.05, 4.69) is 25.7 Å². The topological polar surface area (TPSA) is 99.6 Å². The smallest absolute Gasteiger partial charge is 0.410 e. The van der Waals surface area contributed by atoms with Gasteiger partial charge < -0.3 is 15.6 Å². The van der Waals surface area contributed by atoms with Crippen molar-refractivity contribution in [3.05, 3.63) is 35.4 Å². The van der Waals surface area contributed by atoms with Gasteiger partial charge in [-0.05, 0) is 49.4 Å². The Morgan fingerprint density at radius 3 is 2.39 bits per heavy atom. The van der Waals surface area contributed by atoms with Crippen LogP contribution < -0.4 is 5.73 Å². The highest BCUT2D eigenvalue weighted by Crippen LogP contribution is 2.32. The zero-order valence-corrected chi connectivity index (χ0v) is 20.5. The number of nitrogens with zero attached hydrogens (tertiary/aromatic N) is 2. The summed E-state index contributed by atoms with van der Waals surface area (Å²) < 4.78 is 5.73. The molecule has 0 saturated heterocycles. The zero-order valence-electron chi connectivity index (χ0n) is 19.5. The molecular formula is C24H39N3O3Si. The molecule has 3 atom stereocenters. The predicted molar refractivity (Wildman–Crippen MR) is 126 cm³/mol. The van der Waals surface area contributed by atoms with Gasteiger partial charge in [-0.1, -0.05) is 51.0 Å². The van der Waals surface area contributed by atoms with Crippen LogP contribution in [0.2, 0.25) is 25.7 Å². The summed E-state index contributed by atoms with van der Waals surface area (Å²) in [5.41, 5.74) is 7.99. The van der Waals surface area contributed by atoms with Gasteiger partial charge >= 0.3 is 6.09 Å². The standard InChI is InChI=1S/C24H39N3O3Si/c1-18(28)22(26)23(21-8-6-5-7-9-21)27(24(29)30-14-15-31(2,3)4)17-20-12-10-19(16-25)11-13-20/h10-13,18,21-23,28H,5-9,14-15,17,26H2,1-4H3/t18-,22+,23?/m1/s1. The first-order chi connectivity index (χ1) is 14.6. The fourth-order valence-corrected chi connectivity index (χ4v) is 4.95. The van der Waals surface area contributed by atoms with Gasteiger partial charge in [-0.25, -0.2) is 4.79 Å². The molecule has 2 rings (SSSR count). The minimum Gasteiger partial charge on any atom is -0.450 e. The second kappa shape index (κ2) is 11.7. The number of benzene rings is 1. The van der Waals surface area contributed by atoms with Crippen LogP contribution in [0.25, 0.3) is 0 Å². The van der Waals surface area contributed by atoms with Crippen molar-refractivity contribution in [1.82, 2.24) is 4.90 Å². The van der Waals surface area contributed by atoms with E-state index in [0.29, 0.717) is 18.7 Å². The van der Waals surface area contributed by atoms with E-state index in [9.17, 15) is 9.90 Å². The van der Waals surface area contributed by atoms with E-state index >= 15 is 0 Å². The van der Waals surface area contributed by atoms with Crippen molar-refractivity contribution in [3.63, 3.8) is 0 Å². The Balaban J connectivity index is 2.30. The first-order valence-electron chi connectivity index (χ1n) is 11.5. The van der Waals surface area contributed by atoms with Crippen LogP contribution in [0.5, 0.6) is 0 Å². The van der Waals surface area contributed by atoms with Gasteiger partial charge in [-0.2, -0.15) is 5.26 Å². The lowest BCUT2D eigenvalue weighted by Gasteiger charge is -2.42. The molecular weight excluding hydrogens is 406 g/mol. The van der Waals surface area contributed by atoms with Gasteiger partial charge in [0.2, 0.25) is 0 Å². The number of amides is 1. The van der Waals surface area contributed by atoms with Crippen LogP contribution in [0.15, 0.2) is 24.3 Å². The summed E-state index contributed by atoms with van der Waals surface area (Å²) in [6.07, 6.45) is 4.32. The number of rotatable bonds is 9. The number of nitriles is 1. The summed E-state index contributed by atoms with van der Waals surface area (Å²) in [6, 6.07) is 9.43. The van der Waals surface area contributed by atoms with Crippen LogP contribution in [0.1, 0.15) is 50.2 Å². The van der Waals surface area contributed by atoms with Crippen LogP contribution in [0.3, 0.4) is 0 Å². The highest BCUT2D eigenvalue weighted by Gasteiger charge is 2.38. The molecule has 1 saturated carbocycles. The number of aliphatic hydroxyl groups is 1. The van der Waals surface area contributed by atoms with E-state index < -0.39 is 20.2 Å². The van der Waals surface area contributed by atoms with Crippen LogP contribution >= 0.6 is 0 Å². The molecule has 3 N–H and O–H groups in total. The number of ether oxygens (including phenoxy) is 1.